The highest BCUT2D eigenvalue weighted by Gasteiger charge is 2.30. The molecule has 0 aliphatic rings. The molecule has 1 amide bonds. The molecule has 4 aromatic rings. The first-order valence-electron chi connectivity index (χ1n) is 11.9. The van der Waals surface area contributed by atoms with Crippen LogP contribution in [0.1, 0.15) is 58.1 Å². The molecule has 0 spiro atoms. The summed E-state index contributed by atoms with van der Waals surface area (Å²) in [6, 6.07) is 19.9. The summed E-state index contributed by atoms with van der Waals surface area (Å²) in [4.78, 5) is 25.2. The first-order valence-corrected chi connectivity index (χ1v) is 11.9. The molecule has 5 nitrogen and oxygen atoms in total. The van der Waals surface area contributed by atoms with E-state index in [1.165, 1.54) is 17.7 Å². The Kier molecular flexibility index (Phi) is 7.38. The minimum Gasteiger partial charge on any atom is -0.481 e. The molecule has 0 radical (unpaired) electrons. The van der Waals surface area contributed by atoms with E-state index in [0.29, 0.717) is 29.0 Å². The van der Waals surface area contributed by atoms with Crippen molar-refractivity contribution in [1.29, 1.82) is 0 Å². The lowest BCUT2D eigenvalue weighted by Crippen LogP contribution is -2.27. The SMILES string of the molecule is CC(C)c1ccc(Cn2c(C(=O)NCc3ccc(C(F)(F)F)cc3)c(CC(=O)O)c3ccccc32)cc1. The second-order valence-electron chi connectivity index (χ2n) is 9.27. The summed E-state index contributed by atoms with van der Waals surface area (Å²) in [6.45, 7) is 4.55. The molecule has 0 atom stereocenters. The second kappa shape index (κ2) is 10.5. The summed E-state index contributed by atoms with van der Waals surface area (Å²) >= 11 is 0. The fourth-order valence-electron chi connectivity index (χ4n) is 4.40. The fourth-order valence-corrected chi connectivity index (χ4v) is 4.40. The number of carboxylic acids is 1. The van der Waals surface area contributed by atoms with Crippen LogP contribution in [0.3, 0.4) is 0 Å². The zero-order valence-corrected chi connectivity index (χ0v) is 20.5. The highest BCUT2D eigenvalue weighted by molar-refractivity contribution is 6.03. The van der Waals surface area contributed by atoms with Crippen molar-refractivity contribution < 1.29 is 27.9 Å². The molecule has 0 bridgehead atoms. The van der Waals surface area contributed by atoms with Crippen molar-refractivity contribution in [2.75, 3.05) is 0 Å². The van der Waals surface area contributed by atoms with Crippen molar-refractivity contribution in [2.45, 2.75) is 45.5 Å². The molecule has 3 aromatic carbocycles. The summed E-state index contributed by atoms with van der Waals surface area (Å²) < 4.78 is 40.4. The van der Waals surface area contributed by atoms with Crippen LogP contribution in [0, 0.1) is 0 Å². The number of para-hydroxylation sites is 1. The molecule has 192 valence electrons. The summed E-state index contributed by atoms with van der Waals surface area (Å²) in [6.07, 6.45) is -4.79. The number of carboxylic acid groups (broad SMARTS) is 1. The first kappa shape index (κ1) is 26.0. The predicted molar refractivity (Wildman–Crippen MR) is 136 cm³/mol. The van der Waals surface area contributed by atoms with Crippen LogP contribution in [0.25, 0.3) is 10.9 Å². The average molecular weight is 509 g/mol. The van der Waals surface area contributed by atoms with Crippen molar-refractivity contribution in [2.24, 2.45) is 0 Å². The van der Waals surface area contributed by atoms with Crippen LogP contribution < -0.4 is 5.32 Å². The van der Waals surface area contributed by atoms with E-state index in [4.69, 9.17) is 0 Å². The van der Waals surface area contributed by atoms with Gasteiger partial charge in [0.05, 0.1) is 12.0 Å². The Bertz CT molecular complexity index is 1420. The molecule has 1 heterocycles. The molecule has 0 unspecified atom stereocenters. The normalized spacial score (nSPS) is 11.7. The number of nitrogens with zero attached hydrogens (tertiary/aromatic N) is 1. The van der Waals surface area contributed by atoms with Gasteiger partial charge in [-0.25, -0.2) is 0 Å². The third-order valence-corrected chi connectivity index (χ3v) is 6.34. The number of rotatable bonds is 8. The van der Waals surface area contributed by atoms with Crippen LogP contribution in [0.2, 0.25) is 0 Å². The molecule has 0 saturated heterocycles. The number of aromatic nitrogens is 1. The van der Waals surface area contributed by atoms with Crippen molar-refractivity contribution in [3.63, 3.8) is 0 Å². The number of benzene rings is 3. The zero-order chi connectivity index (χ0) is 26.7. The van der Waals surface area contributed by atoms with Crippen molar-refractivity contribution >= 4 is 22.8 Å². The van der Waals surface area contributed by atoms with Gasteiger partial charge < -0.3 is 15.0 Å². The van der Waals surface area contributed by atoms with Crippen LogP contribution in [-0.2, 0) is 30.5 Å². The molecule has 8 heteroatoms. The molecule has 0 aliphatic carbocycles. The minimum atomic E-state index is -4.44. The molecule has 1 aromatic heterocycles. The smallest absolute Gasteiger partial charge is 0.416 e. The third kappa shape index (κ3) is 5.85. The number of hydrogen-bond acceptors (Lipinski definition) is 2. The maximum atomic E-state index is 13.5. The Labute approximate surface area is 212 Å². The zero-order valence-electron chi connectivity index (χ0n) is 20.5. The Morgan fingerprint density at radius 1 is 0.919 bits per heavy atom. The van der Waals surface area contributed by atoms with E-state index in [2.05, 4.69) is 19.2 Å². The number of fused-ring (bicyclic) bond motifs is 1. The highest BCUT2D eigenvalue weighted by Crippen LogP contribution is 2.30. The van der Waals surface area contributed by atoms with E-state index < -0.39 is 23.6 Å². The van der Waals surface area contributed by atoms with E-state index in [9.17, 15) is 27.9 Å². The van der Waals surface area contributed by atoms with Crippen LogP contribution in [0.5, 0.6) is 0 Å². The van der Waals surface area contributed by atoms with Crippen LogP contribution in [0.4, 0.5) is 13.2 Å². The molecular formula is C29H27F3N2O3. The number of amides is 1. The number of hydrogen-bond donors (Lipinski definition) is 2. The van der Waals surface area contributed by atoms with Crippen LogP contribution in [-0.4, -0.2) is 21.6 Å². The number of halogens is 3. The van der Waals surface area contributed by atoms with Gasteiger partial charge >= 0.3 is 12.1 Å². The second-order valence-corrected chi connectivity index (χ2v) is 9.27. The minimum absolute atomic E-state index is 0.00586. The average Bonchev–Trinajstić information content (AvgIpc) is 3.15. The van der Waals surface area contributed by atoms with Gasteiger partial charge in [0.15, 0.2) is 0 Å². The quantitative estimate of drug-likeness (QED) is 0.290. The number of alkyl halides is 3. The van der Waals surface area contributed by atoms with Gasteiger partial charge in [0, 0.05) is 29.6 Å². The monoisotopic (exact) mass is 508 g/mol. The highest BCUT2D eigenvalue weighted by atomic mass is 19.4. The third-order valence-electron chi connectivity index (χ3n) is 6.34. The van der Waals surface area contributed by atoms with Crippen molar-refractivity contribution in [1.82, 2.24) is 9.88 Å². The lowest BCUT2D eigenvalue weighted by atomic mass is 10.0. The standard InChI is InChI=1S/C29H27F3N2O3/c1-18(2)21-11-7-20(8-12-21)17-34-25-6-4-3-5-23(25)24(15-26(35)36)27(34)28(37)33-16-19-9-13-22(14-10-19)29(30,31)32/h3-14,18H,15-17H2,1-2H3,(H,33,37)(H,35,36). The maximum absolute atomic E-state index is 13.5. The Balaban J connectivity index is 1.69. The van der Waals surface area contributed by atoms with Crippen molar-refractivity contribution in [3.8, 4) is 0 Å². The Morgan fingerprint density at radius 2 is 1.54 bits per heavy atom. The van der Waals surface area contributed by atoms with Gasteiger partial charge in [0.2, 0.25) is 0 Å². The largest absolute Gasteiger partial charge is 0.481 e. The van der Waals surface area contributed by atoms with Gasteiger partial charge in [0.1, 0.15) is 5.69 Å². The molecule has 2 N–H and O–H groups in total. The van der Waals surface area contributed by atoms with Gasteiger partial charge in [-0.3, -0.25) is 9.59 Å². The molecule has 4 rings (SSSR count). The first-order chi connectivity index (χ1) is 17.5. The summed E-state index contributed by atoms with van der Waals surface area (Å²) in [5.74, 6) is -1.19. The molecule has 0 fully saturated rings. The molecule has 37 heavy (non-hydrogen) atoms. The lowest BCUT2D eigenvalue weighted by molar-refractivity contribution is -0.138. The van der Waals surface area contributed by atoms with Crippen LogP contribution in [0.15, 0.2) is 72.8 Å². The number of nitrogens with one attached hydrogen (secondary N) is 1. The lowest BCUT2D eigenvalue weighted by Gasteiger charge is -2.14. The Hall–Kier alpha value is -4.07. The van der Waals surface area contributed by atoms with Gasteiger partial charge in [-0.15, -0.1) is 0 Å². The molecule has 0 aliphatic heterocycles. The van der Waals surface area contributed by atoms with E-state index in [0.717, 1.165) is 23.2 Å². The summed E-state index contributed by atoms with van der Waals surface area (Å²) in [5.41, 5.74) is 3.20. The van der Waals surface area contributed by atoms with Gasteiger partial charge in [0.25, 0.3) is 5.91 Å². The topological polar surface area (TPSA) is 71.3 Å². The van der Waals surface area contributed by atoms with E-state index in [1.54, 1.807) is 16.7 Å². The molecule has 0 saturated carbocycles. The van der Waals surface area contributed by atoms with Gasteiger partial charge in [-0.2, -0.15) is 13.2 Å². The number of carbonyl (C=O) groups excluding carboxylic acids is 1. The predicted octanol–water partition coefficient (Wildman–Crippen LogP) is 6.39. The van der Waals surface area contributed by atoms with Crippen molar-refractivity contribution in [3.05, 3.63) is 106 Å². The number of aliphatic carboxylic acids is 1. The fraction of sp³-hybridized carbons (Fsp3) is 0.241. The molecular weight excluding hydrogens is 481 g/mol. The van der Waals surface area contributed by atoms with Gasteiger partial charge in [-0.1, -0.05) is 68.4 Å². The Morgan fingerprint density at radius 3 is 2.14 bits per heavy atom. The summed E-state index contributed by atoms with van der Waals surface area (Å²) in [5, 5.41) is 13.0. The maximum Gasteiger partial charge on any atom is 0.416 e. The van der Waals surface area contributed by atoms with E-state index >= 15 is 0 Å². The van der Waals surface area contributed by atoms with E-state index in [-0.39, 0.29) is 18.7 Å². The number of carbonyl (C=O) groups is 2. The van der Waals surface area contributed by atoms with Crippen LogP contribution >= 0.6 is 0 Å². The summed E-state index contributed by atoms with van der Waals surface area (Å²) in [7, 11) is 0. The van der Waals surface area contributed by atoms with E-state index in [1.807, 2.05) is 36.4 Å². The van der Waals surface area contributed by atoms with Gasteiger partial charge in [-0.05, 0) is 40.8 Å².